The predicted molar refractivity (Wildman–Crippen MR) is 117 cm³/mol. The van der Waals surface area contributed by atoms with Gasteiger partial charge in [0.1, 0.15) is 11.2 Å². The van der Waals surface area contributed by atoms with Crippen LogP contribution < -0.4 is 4.90 Å². The van der Waals surface area contributed by atoms with Crippen molar-refractivity contribution >= 4 is 28.4 Å². The van der Waals surface area contributed by atoms with Gasteiger partial charge in [-0.1, -0.05) is 23.7 Å². The van der Waals surface area contributed by atoms with Gasteiger partial charge in [0, 0.05) is 25.1 Å². The Hall–Kier alpha value is -3.33. The van der Waals surface area contributed by atoms with E-state index in [9.17, 15) is 23.4 Å². The highest BCUT2D eigenvalue weighted by Crippen LogP contribution is 2.42. The number of anilines is 1. The van der Waals surface area contributed by atoms with E-state index in [1.807, 2.05) is 29.2 Å². The molecule has 33 heavy (non-hydrogen) atoms. The average Bonchev–Trinajstić information content (AvgIpc) is 3.34. The van der Waals surface area contributed by atoms with Crippen molar-refractivity contribution < 1.29 is 27.8 Å². The van der Waals surface area contributed by atoms with E-state index in [1.165, 1.54) is 12.1 Å². The fraction of sp³-hybridized carbons (Fsp3) is 0.261. The fourth-order valence-corrected chi connectivity index (χ4v) is 4.49. The van der Waals surface area contributed by atoms with Gasteiger partial charge in [-0.3, -0.25) is 0 Å². The predicted octanol–water partition coefficient (Wildman–Crippen LogP) is 6.09. The van der Waals surface area contributed by atoms with E-state index in [0.29, 0.717) is 37.5 Å². The number of aromatic hydroxyl groups is 2. The number of fused-ring (bicyclic) bond motifs is 1. The van der Waals surface area contributed by atoms with Crippen LogP contribution in [0.25, 0.3) is 16.8 Å². The Labute approximate surface area is 191 Å². The van der Waals surface area contributed by atoms with Crippen LogP contribution in [0.2, 0.25) is 5.02 Å². The third-order valence-corrected chi connectivity index (χ3v) is 6.27. The first-order valence-electron chi connectivity index (χ1n) is 10.3. The molecule has 5 rings (SSSR count). The van der Waals surface area contributed by atoms with Crippen LogP contribution in [-0.4, -0.2) is 32.9 Å². The van der Waals surface area contributed by atoms with Gasteiger partial charge < -0.3 is 19.5 Å². The van der Waals surface area contributed by atoms with Gasteiger partial charge in [0.15, 0.2) is 11.5 Å². The number of oxazole rings is 1. The Kier molecular flexibility index (Phi) is 5.16. The fourth-order valence-electron chi connectivity index (χ4n) is 4.26. The number of halogens is 4. The first kappa shape index (κ1) is 21.5. The molecule has 0 saturated carbocycles. The summed E-state index contributed by atoms with van der Waals surface area (Å²) in [5.74, 6) is 0.0562. The Morgan fingerprint density at radius 1 is 1.03 bits per heavy atom. The van der Waals surface area contributed by atoms with Crippen LogP contribution in [0.3, 0.4) is 0 Å². The number of benzene rings is 2. The van der Waals surface area contributed by atoms with Crippen molar-refractivity contribution in [1.29, 1.82) is 0 Å². The van der Waals surface area contributed by atoms with E-state index in [4.69, 9.17) is 16.0 Å². The second-order valence-electron chi connectivity index (χ2n) is 7.99. The number of alkyl halides is 3. The zero-order chi connectivity index (χ0) is 23.3. The molecule has 3 heterocycles. The summed E-state index contributed by atoms with van der Waals surface area (Å²) in [4.78, 5) is 6.44. The highest BCUT2D eigenvalue weighted by atomic mass is 35.5. The van der Waals surface area contributed by atoms with Crippen molar-refractivity contribution in [2.45, 2.75) is 24.9 Å². The Balaban J connectivity index is 1.38. The maximum atomic E-state index is 13.2. The monoisotopic (exact) mass is 477 g/mol. The molecule has 0 spiro atoms. The topological polar surface area (TPSA) is 74.7 Å². The van der Waals surface area contributed by atoms with Crippen molar-refractivity contribution in [3.05, 3.63) is 65.0 Å². The van der Waals surface area contributed by atoms with Gasteiger partial charge in [0.05, 0.1) is 16.3 Å². The van der Waals surface area contributed by atoms with Crippen LogP contribution in [0.1, 0.15) is 30.2 Å². The number of rotatable bonds is 3. The average molecular weight is 478 g/mol. The van der Waals surface area contributed by atoms with Crippen molar-refractivity contribution in [3.63, 3.8) is 0 Å². The smallest absolute Gasteiger partial charge is 0.417 e. The number of aromatic nitrogens is 2. The zero-order valence-electron chi connectivity index (χ0n) is 17.2. The molecule has 0 bridgehead atoms. The minimum Gasteiger partial charge on any atom is -0.494 e. The molecular weight excluding hydrogens is 459 g/mol. The van der Waals surface area contributed by atoms with Crippen LogP contribution >= 0.6 is 11.6 Å². The van der Waals surface area contributed by atoms with Gasteiger partial charge in [-0.15, -0.1) is 0 Å². The van der Waals surface area contributed by atoms with Crippen molar-refractivity contribution in [2.24, 2.45) is 0 Å². The highest BCUT2D eigenvalue weighted by molar-refractivity contribution is 6.31. The molecule has 172 valence electrons. The Morgan fingerprint density at radius 3 is 2.45 bits per heavy atom. The Bertz CT molecular complexity index is 1290. The van der Waals surface area contributed by atoms with E-state index in [1.54, 1.807) is 0 Å². The number of hydrogen-bond acceptors (Lipinski definition) is 5. The lowest BCUT2D eigenvalue weighted by Gasteiger charge is -2.31. The summed E-state index contributed by atoms with van der Waals surface area (Å²) in [6, 6.07) is 12.1. The molecule has 10 heteroatoms. The summed E-state index contributed by atoms with van der Waals surface area (Å²) in [5, 5.41) is 20.7. The molecule has 1 fully saturated rings. The van der Waals surface area contributed by atoms with Crippen LogP contribution in [-0.2, 0) is 6.18 Å². The molecule has 1 aliphatic heterocycles. The third-order valence-electron chi connectivity index (χ3n) is 5.94. The molecule has 2 N–H and O–H groups in total. The SMILES string of the molecule is Oc1cc(N2CCC(c3nc4ccccc4o3)CC2)c(O)n1-c1ccc(Cl)c(C(F)(F)F)c1. The first-order valence-corrected chi connectivity index (χ1v) is 10.7. The number of nitrogens with zero attached hydrogens (tertiary/aromatic N) is 3. The van der Waals surface area contributed by atoms with Crippen LogP contribution in [0.5, 0.6) is 11.8 Å². The summed E-state index contributed by atoms with van der Waals surface area (Å²) in [6.07, 6.45) is -3.25. The molecule has 1 aliphatic rings. The second kappa shape index (κ2) is 7.91. The lowest BCUT2D eigenvalue weighted by Crippen LogP contribution is -2.32. The normalized spacial score (nSPS) is 15.5. The van der Waals surface area contributed by atoms with Gasteiger partial charge in [0.2, 0.25) is 11.8 Å². The number of piperidine rings is 1. The lowest BCUT2D eigenvalue weighted by molar-refractivity contribution is -0.137. The van der Waals surface area contributed by atoms with E-state index in [2.05, 4.69) is 4.98 Å². The first-order chi connectivity index (χ1) is 15.7. The number of para-hydroxylation sites is 2. The maximum absolute atomic E-state index is 13.2. The molecule has 6 nitrogen and oxygen atoms in total. The van der Waals surface area contributed by atoms with Gasteiger partial charge in [-0.05, 0) is 43.2 Å². The number of hydrogen-bond donors (Lipinski definition) is 2. The second-order valence-corrected chi connectivity index (χ2v) is 8.40. The summed E-state index contributed by atoms with van der Waals surface area (Å²) in [5.41, 5.74) is 0.780. The van der Waals surface area contributed by atoms with E-state index < -0.39 is 16.8 Å². The highest BCUT2D eigenvalue weighted by Gasteiger charge is 2.34. The Morgan fingerprint density at radius 2 is 1.76 bits per heavy atom. The van der Waals surface area contributed by atoms with Crippen LogP contribution in [0.15, 0.2) is 52.9 Å². The molecule has 1 saturated heterocycles. The van der Waals surface area contributed by atoms with E-state index in [-0.39, 0.29) is 23.4 Å². The molecule has 2 aromatic carbocycles. The largest absolute Gasteiger partial charge is 0.494 e. The molecule has 0 atom stereocenters. The maximum Gasteiger partial charge on any atom is 0.417 e. The molecule has 0 amide bonds. The molecule has 2 aromatic heterocycles. The molecule has 4 aromatic rings. The van der Waals surface area contributed by atoms with Gasteiger partial charge in [-0.25, -0.2) is 9.55 Å². The molecule has 0 radical (unpaired) electrons. The van der Waals surface area contributed by atoms with Crippen molar-refractivity contribution in [1.82, 2.24) is 9.55 Å². The summed E-state index contributed by atoms with van der Waals surface area (Å²) < 4.78 is 46.6. The minimum absolute atomic E-state index is 0.0469. The van der Waals surface area contributed by atoms with Crippen LogP contribution in [0.4, 0.5) is 18.9 Å². The third kappa shape index (κ3) is 3.86. The lowest BCUT2D eigenvalue weighted by atomic mass is 9.96. The van der Waals surface area contributed by atoms with E-state index in [0.717, 1.165) is 27.8 Å². The summed E-state index contributed by atoms with van der Waals surface area (Å²) in [6.45, 7) is 1.10. The van der Waals surface area contributed by atoms with Crippen molar-refractivity contribution in [3.8, 4) is 17.4 Å². The van der Waals surface area contributed by atoms with E-state index >= 15 is 0 Å². The molecule has 0 aliphatic carbocycles. The summed E-state index contributed by atoms with van der Waals surface area (Å²) >= 11 is 5.69. The molecular formula is C23H19ClF3N3O3. The minimum atomic E-state index is -4.67. The molecule has 0 unspecified atom stereocenters. The zero-order valence-corrected chi connectivity index (χ0v) is 17.9. The van der Waals surface area contributed by atoms with Gasteiger partial charge in [-0.2, -0.15) is 13.2 Å². The van der Waals surface area contributed by atoms with Crippen molar-refractivity contribution in [2.75, 3.05) is 18.0 Å². The van der Waals surface area contributed by atoms with Gasteiger partial charge >= 0.3 is 6.18 Å². The standard InChI is InChI=1S/C23H19ClF3N3O3/c24-16-6-5-14(11-15(16)23(25,26)27)30-20(31)12-18(22(30)32)29-9-7-13(8-10-29)21-28-17-3-1-2-4-19(17)33-21/h1-6,11-13,31-32H,7-10H2. The summed E-state index contributed by atoms with van der Waals surface area (Å²) in [7, 11) is 0. The quantitative estimate of drug-likeness (QED) is 0.374. The van der Waals surface area contributed by atoms with Crippen LogP contribution in [0, 0.1) is 0 Å². The van der Waals surface area contributed by atoms with Gasteiger partial charge in [0.25, 0.3) is 0 Å².